The first-order valence-electron chi connectivity index (χ1n) is 6.28. The summed E-state index contributed by atoms with van der Waals surface area (Å²) in [6.45, 7) is 2.31. The van der Waals surface area contributed by atoms with Crippen LogP contribution in [0.15, 0.2) is 18.2 Å². The topological polar surface area (TPSA) is 64.8 Å². The average Bonchev–Trinajstić information content (AvgIpc) is 2.46. The summed E-state index contributed by atoms with van der Waals surface area (Å²) in [6.07, 6.45) is 0.729. The van der Waals surface area contributed by atoms with Crippen LogP contribution in [0.1, 0.15) is 13.3 Å². The van der Waals surface area contributed by atoms with Gasteiger partial charge in [0.1, 0.15) is 0 Å². The van der Waals surface area contributed by atoms with Crippen molar-refractivity contribution < 1.29 is 14.3 Å². The molecule has 19 heavy (non-hydrogen) atoms. The predicted octanol–water partition coefficient (Wildman–Crippen LogP) is 1.65. The number of anilines is 1. The van der Waals surface area contributed by atoms with Gasteiger partial charge in [0.05, 0.1) is 20.1 Å². The molecule has 2 N–H and O–H groups in total. The Morgan fingerprint density at radius 2 is 1.95 bits per heavy atom. The highest BCUT2D eigenvalue weighted by Gasteiger charge is 2.20. The van der Waals surface area contributed by atoms with Crippen LogP contribution in [0.25, 0.3) is 0 Å². The van der Waals surface area contributed by atoms with E-state index in [-0.39, 0.29) is 11.8 Å². The van der Waals surface area contributed by atoms with Crippen LogP contribution in [0.4, 0.5) is 5.69 Å². The van der Waals surface area contributed by atoms with Crippen LogP contribution >= 0.6 is 0 Å². The highest BCUT2D eigenvalue weighted by molar-refractivity contribution is 5.95. The number of carbonyl (C=O) groups excluding carboxylic acids is 1. The molecule has 1 amide bonds. The first-order valence-corrected chi connectivity index (χ1v) is 6.28. The quantitative estimate of drug-likeness (QED) is 0.850. The van der Waals surface area contributed by atoms with Crippen molar-refractivity contribution in [3.05, 3.63) is 18.2 Å². The minimum absolute atomic E-state index is 0.0113. The summed E-state index contributed by atoms with van der Waals surface area (Å²) >= 11 is 0. The molecule has 0 heterocycles. The number of hydrogen-bond acceptors (Lipinski definition) is 4. The van der Waals surface area contributed by atoms with E-state index in [0.29, 0.717) is 18.0 Å². The number of hydrogen-bond donors (Lipinski definition) is 1. The Bertz CT molecular complexity index is 431. The first kappa shape index (κ1) is 15.3. The molecule has 0 aliphatic heterocycles. The van der Waals surface area contributed by atoms with E-state index in [9.17, 15) is 4.79 Å². The van der Waals surface area contributed by atoms with Crippen molar-refractivity contribution >= 4 is 11.6 Å². The minimum Gasteiger partial charge on any atom is -0.493 e. The zero-order valence-corrected chi connectivity index (χ0v) is 12.0. The fraction of sp³-hybridized carbons (Fsp3) is 0.500. The van der Waals surface area contributed by atoms with Crippen molar-refractivity contribution in [2.75, 3.05) is 32.7 Å². The number of nitrogens with two attached hydrogens (primary N) is 1. The lowest BCUT2D eigenvalue weighted by Gasteiger charge is -2.23. The molecule has 0 saturated carbocycles. The van der Waals surface area contributed by atoms with E-state index >= 15 is 0 Å². The van der Waals surface area contributed by atoms with Gasteiger partial charge in [0.25, 0.3) is 0 Å². The van der Waals surface area contributed by atoms with Crippen LogP contribution in [0, 0.1) is 5.92 Å². The lowest BCUT2D eigenvalue weighted by Crippen LogP contribution is -2.36. The molecule has 0 fully saturated rings. The van der Waals surface area contributed by atoms with Crippen LogP contribution in [0.2, 0.25) is 0 Å². The molecule has 0 spiro atoms. The van der Waals surface area contributed by atoms with E-state index in [1.807, 2.05) is 13.0 Å². The molecular formula is C14H22N2O3. The summed E-state index contributed by atoms with van der Waals surface area (Å²) in [6, 6.07) is 5.38. The van der Waals surface area contributed by atoms with Crippen LogP contribution < -0.4 is 20.1 Å². The summed E-state index contributed by atoms with van der Waals surface area (Å²) in [5.74, 6) is 1.09. The maximum atomic E-state index is 12.2. The molecule has 0 saturated heterocycles. The third kappa shape index (κ3) is 3.38. The SMILES string of the molecule is CCC(CN)C(=O)N(C)c1ccc(OC)c(OC)c1. The van der Waals surface area contributed by atoms with Gasteiger partial charge in [-0.15, -0.1) is 0 Å². The molecule has 5 nitrogen and oxygen atoms in total. The van der Waals surface area contributed by atoms with E-state index < -0.39 is 0 Å². The lowest BCUT2D eigenvalue weighted by atomic mass is 10.1. The van der Waals surface area contributed by atoms with E-state index in [0.717, 1.165) is 12.1 Å². The molecule has 0 aliphatic rings. The highest BCUT2D eigenvalue weighted by atomic mass is 16.5. The maximum absolute atomic E-state index is 12.2. The molecule has 5 heteroatoms. The van der Waals surface area contributed by atoms with Crippen molar-refractivity contribution in [3.8, 4) is 11.5 Å². The van der Waals surface area contributed by atoms with E-state index in [1.165, 1.54) is 0 Å². The fourth-order valence-electron chi connectivity index (χ4n) is 1.88. The Labute approximate surface area is 114 Å². The molecule has 1 aromatic carbocycles. The summed E-state index contributed by atoms with van der Waals surface area (Å²) in [5.41, 5.74) is 6.37. The maximum Gasteiger partial charge on any atom is 0.231 e. The molecule has 1 atom stereocenters. The fourth-order valence-corrected chi connectivity index (χ4v) is 1.88. The number of benzene rings is 1. The molecule has 1 aromatic rings. The summed E-state index contributed by atoms with van der Waals surface area (Å²) < 4.78 is 10.4. The number of methoxy groups -OCH3 is 2. The van der Waals surface area contributed by atoms with Gasteiger partial charge in [-0.1, -0.05) is 6.92 Å². The van der Waals surface area contributed by atoms with Gasteiger partial charge in [0, 0.05) is 25.3 Å². The zero-order chi connectivity index (χ0) is 14.4. The molecule has 1 rings (SSSR count). The smallest absolute Gasteiger partial charge is 0.231 e. The molecule has 1 unspecified atom stereocenters. The Balaban J connectivity index is 2.99. The van der Waals surface area contributed by atoms with Crippen molar-refractivity contribution in [2.45, 2.75) is 13.3 Å². The average molecular weight is 266 g/mol. The van der Waals surface area contributed by atoms with Crippen molar-refractivity contribution in [3.63, 3.8) is 0 Å². The first-order chi connectivity index (χ1) is 9.08. The zero-order valence-electron chi connectivity index (χ0n) is 12.0. The number of nitrogens with zero attached hydrogens (tertiary/aromatic N) is 1. The van der Waals surface area contributed by atoms with Gasteiger partial charge < -0.3 is 20.1 Å². The molecule has 0 bridgehead atoms. The Kier molecular flexibility index (Phi) is 5.63. The van der Waals surface area contributed by atoms with Gasteiger partial charge >= 0.3 is 0 Å². The normalized spacial score (nSPS) is 11.8. The van der Waals surface area contributed by atoms with Gasteiger partial charge in [-0.25, -0.2) is 0 Å². The lowest BCUT2D eigenvalue weighted by molar-refractivity contribution is -0.121. The van der Waals surface area contributed by atoms with Crippen LogP contribution in [-0.2, 0) is 4.79 Å². The number of carbonyl (C=O) groups is 1. The summed E-state index contributed by atoms with van der Waals surface area (Å²) in [5, 5.41) is 0. The third-order valence-corrected chi connectivity index (χ3v) is 3.21. The Morgan fingerprint density at radius 1 is 1.32 bits per heavy atom. The predicted molar refractivity (Wildman–Crippen MR) is 75.8 cm³/mol. The molecule has 0 radical (unpaired) electrons. The summed E-state index contributed by atoms with van der Waals surface area (Å²) in [4.78, 5) is 13.8. The van der Waals surface area contributed by atoms with Gasteiger partial charge in [0.15, 0.2) is 11.5 Å². The van der Waals surface area contributed by atoms with Crippen LogP contribution in [0.5, 0.6) is 11.5 Å². The number of amides is 1. The second kappa shape index (κ2) is 6.99. The van der Waals surface area contributed by atoms with E-state index in [2.05, 4.69) is 0 Å². The van der Waals surface area contributed by atoms with Gasteiger partial charge in [-0.2, -0.15) is 0 Å². The highest BCUT2D eigenvalue weighted by Crippen LogP contribution is 2.31. The molecular weight excluding hydrogens is 244 g/mol. The van der Waals surface area contributed by atoms with E-state index in [1.54, 1.807) is 38.3 Å². The van der Waals surface area contributed by atoms with Gasteiger partial charge in [-0.05, 0) is 18.6 Å². The third-order valence-electron chi connectivity index (χ3n) is 3.21. The number of rotatable bonds is 6. The minimum atomic E-state index is -0.155. The van der Waals surface area contributed by atoms with Crippen LogP contribution in [0.3, 0.4) is 0 Å². The van der Waals surface area contributed by atoms with Gasteiger partial charge in [0.2, 0.25) is 5.91 Å². The summed E-state index contributed by atoms with van der Waals surface area (Å²) in [7, 11) is 4.88. The van der Waals surface area contributed by atoms with Crippen molar-refractivity contribution in [1.29, 1.82) is 0 Å². The van der Waals surface area contributed by atoms with Crippen molar-refractivity contribution in [2.24, 2.45) is 11.7 Å². The number of ether oxygens (including phenoxy) is 2. The van der Waals surface area contributed by atoms with Crippen LogP contribution in [-0.4, -0.2) is 33.7 Å². The Hall–Kier alpha value is -1.75. The van der Waals surface area contributed by atoms with E-state index in [4.69, 9.17) is 15.2 Å². The monoisotopic (exact) mass is 266 g/mol. The molecule has 0 aliphatic carbocycles. The Morgan fingerprint density at radius 3 is 2.42 bits per heavy atom. The standard InChI is InChI=1S/C14H22N2O3/c1-5-10(9-15)14(17)16(2)11-6-7-12(18-3)13(8-11)19-4/h6-8,10H,5,9,15H2,1-4H3. The second-order valence-corrected chi connectivity index (χ2v) is 4.28. The second-order valence-electron chi connectivity index (χ2n) is 4.28. The molecule has 106 valence electrons. The largest absolute Gasteiger partial charge is 0.493 e. The van der Waals surface area contributed by atoms with Gasteiger partial charge in [-0.3, -0.25) is 4.79 Å². The van der Waals surface area contributed by atoms with Crippen molar-refractivity contribution in [1.82, 2.24) is 0 Å². The molecule has 0 aromatic heterocycles.